The van der Waals surface area contributed by atoms with Crippen molar-refractivity contribution in [1.29, 1.82) is 0 Å². The molecule has 0 saturated heterocycles. The number of aromatic nitrogens is 3. The molecule has 0 aliphatic carbocycles. The van der Waals surface area contributed by atoms with Crippen LogP contribution in [0.3, 0.4) is 0 Å². The van der Waals surface area contributed by atoms with Gasteiger partial charge in [0.1, 0.15) is 17.7 Å². The summed E-state index contributed by atoms with van der Waals surface area (Å²) in [5.41, 5.74) is 0.754. The second kappa shape index (κ2) is 8.62. The highest BCUT2D eigenvalue weighted by Crippen LogP contribution is 2.25. The molecular formula is C20H21F2N4OS+. The number of nitrogens with zero attached hydrogens (tertiary/aromatic N) is 3. The quantitative estimate of drug-likeness (QED) is 0.487. The molecule has 1 heterocycles. The summed E-state index contributed by atoms with van der Waals surface area (Å²) < 4.78 is 29.0. The summed E-state index contributed by atoms with van der Waals surface area (Å²) in [4.78, 5) is 13.6. The summed E-state index contributed by atoms with van der Waals surface area (Å²) in [5, 5.41) is 9.03. The number of nitrogens with one attached hydrogen (secondary N) is 1. The van der Waals surface area contributed by atoms with Gasteiger partial charge in [-0.25, -0.2) is 8.78 Å². The molecule has 0 amide bonds. The Bertz CT molecular complexity index is 973. The Morgan fingerprint density at radius 3 is 2.43 bits per heavy atom. The van der Waals surface area contributed by atoms with Crippen LogP contribution in [0.2, 0.25) is 0 Å². The molecule has 0 bridgehead atoms. The van der Waals surface area contributed by atoms with E-state index in [1.165, 1.54) is 36.0 Å². The maximum absolute atomic E-state index is 13.8. The van der Waals surface area contributed by atoms with Gasteiger partial charge in [-0.15, -0.1) is 10.2 Å². The van der Waals surface area contributed by atoms with Gasteiger partial charge in [0.05, 0.1) is 25.4 Å². The highest BCUT2D eigenvalue weighted by Gasteiger charge is 2.24. The molecule has 0 saturated carbocycles. The Balaban J connectivity index is 1.91. The largest absolute Gasteiger partial charge is 0.331 e. The third-order valence-corrected chi connectivity index (χ3v) is 5.43. The molecule has 0 aliphatic rings. The van der Waals surface area contributed by atoms with Gasteiger partial charge in [-0.3, -0.25) is 9.36 Å². The number of hydrogen-bond acceptors (Lipinski definition) is 4. The van der Waals surface area contributed by atoms with Crippen molar-refractivity contribution in [2.45, 2.75) is 18.1 Å². The first-order valence-corrected chi connectivity index (χ1v) is 9.79. The molecule has 0 spiro atoms. The molecule has 0 radical (unpaired) electrons. The molecule has 2 aromatic carbocycles. The van der Waals surface area contributed by atoms with Crippen LogP contribution >= 0.6 is 11.8 Å². The second-order valence-corrected chi connectivity index (χ2v) is 7.59. The Labute approximate surface area is 166 Å². The number of carbonyl (C=O) groups is 1. The monoisotopic (exact) mass is 403 g/mol. The van der Waals surface area contributed by atoms with Crippen molar-refractivity contribution < 1.29 is 18.5 Å². The Morgan fingerprint density at radius 1 is 1.11 bits per heavy atom. The van der Waals surface area contributed by atoms with Crippen LogP contribution in [0, 0.1) is 11.6 Å². The van der Waals surface area contributed by atoms with E-state index in [1.807, 2.05) is 25.6 Å². The zero-order valence-electron chi connectivity index (χ0n) is 15.8. The fourth-order valence-corrected chi connectivity index (χ4v) is 3.48. The molecule has 3 rings (SSSR count). The zero-order chi connectivity index (χ0) is 20.3. The van der Waals surface area contributed by atoms with Gasteiger partial charge in [-0.1, -0.05) is 23.9 Å². The molecule has 5 nitrogen and oxygen atoms in total. The van der Waals surface area contributed by atoms with Gasteiger partial charge in [0.2, 0.25) is 0 Å². The summed E-state index contributed by atoms with van der Waals surface area (Å²) in [7, 11) is 4.01. The topological polar surface area (TPSA) is 52.2 Å². The zero-order valence-corrected chi connectivity index (χ0v) is 16.6. The van der Waals surface area contributed by atoms with E-state index in [0.717, 1.165) is 4.90 Å². The minimum Gasteiger partial charge on any atom is -0.331 e. The van der Waals surface area contributed by atoms with Gasteiger partial charge < -0.3 is 4.90 Å². The second-order valence-electron chi connectivity index (χ2n) is 6.64. The average molecular weight is 403 g/mol. The number of thioether (sulfide) groups is 1. The van der Waals surface area contributed by atoms with E-state index >= 15 is 0 Å². The molecule has 146 valence electrons. The minimum atomic E-state index is -0.543. The van der Waals surface area contributed by atoms with E-state index in [1.54, 1.807) is 24.3 Å². The van der Waals surface area contributed by atoms with Gasteiger partial charge in [-0.05, 0) is 43.3 Å². The smallest absolute Gasteiger partial charge is 0.196 e. The van der Waals surface area contributed by atoms with Crippen LogP contribution in [-0.2, 0) is 0 Å². The molecule has 1 N–H and O–H groups in total. The standard InChI is InChI=1S/C20H20F2N4OS/c1-13(25(2)3)19-23-24-20(26(19)15-10-8-14(21)9-11-15)28-12-18(27)16-6-4-5-7-17(16)22/h4-11,13H,12H2,1-3H3/p+1/t13-/m0/s1. The minimum absolute atomic E-state index is 0.0173. The van der Waals surface area contributed by atoms with Gasteiger partial charge >= 0.3 is 0 Å². The lowest BCUT2D eigenvalue weighted by Crippen LogP contribution is -3.05. The Morgan fingerprint density at radius 2 is 1.79 bits per heavy atom. The van der Waals surface area contributed by atoms with E-state index in [0.29, 0.717) is 16.7 Å². The molecular weight excluding hydrogens is 382 g/mol. The third-order valence-electron chi connectivity index (χ3n) is 4.50. The van der Waals surface area contributed by atoms with Crippen molar-refractivity contribution in [2.75, 3.05) is 19.8 Å². The number of halogens is 2. The molecule has 0 aliphatic heterocycles. The van der Waals surface area contributed by atoms with Crippen LogP contribution in [0.15, 0.2) is 53.7 Å². The molecule has 0 fully saturated rings. The average Bonchev–Trinajstić information content (AvgIpc) is 3.10. The maximum atomic E-state index is 13.8. The number of rotatable bonds is 7. The summed E-state index contributed by atoms with van der Waals surface area (Å²) in [6, 6.07) is 11.9. The molecule has 28 heavy (non-hydrogen) atoms. The Hall–Kier alpha value is -2.58. The van der Waals surface area contributed by atoms with Crippen LogP contribution in [0.4, 0.5) is 8.78 Å². The number of quaternary nitrogens is 1. The van der Waals surface area contributed by atoms with Crippen LogP contribution in [0.5, 0.6) is 0 Å². The number of hydrogen-bond donors (Lipinski definition) is 1. The summed E-state index contributed by atoms with van der Waals surface area (Å²) in [5.74, 6) is -0.493. The highest BCUT2D eigenvalue weighted by molar-refractivity contribution is 7.99. The number of Topliss-reactive ketones (excluding diaryl/α,β-unsaturated/α-hetero) is 1. The predicted octanol–water partition coefficient (Wildman–Crippen LogP) is 2.73. The number of benzene rings is 2. The van der Waals surface area contributed by atoms with Gasteiger partial charge in [0.15, 0.2) is 16.8 Å². The summed E-state index contributed by atoms with van der Waals surface area (Å²) in [6.07, 6.45) is 0. The van der Waals surface area contributed by atoms with Crippen molar-refractivity contribution in [1.82, 2.24) is 14.8 Å². The fraction of sp³-hybridized carbons (Fsp3) is 0.250. The van der Waals surface area contributed by atoms with Gasteiger partial charge in [0.25, 0.3) is 0 Å². The van der Waals surface area contributed by atoms with E-state index < -0.39 is 5.82 Å². The lowest BCUT2D eigenvalue weighted by Gasteiger charge is -2.18. The summed E-state index contributed by atoms with van der Waals surface area (Å²) in [6.45, 7) is 2.01. The first kappa shape index (κ1) is 20.2. The predicted molar refractivity (Wildman–Crippen MR) is 104 cm³/mol. The molecule has 3 aromatic rings. The number of carbonyl (C=O) groups excluding carboxylic acids is 1. The molecule has 1 aromatic heterocycles. The maximum Gasteiger partial charge on any atom is 0.196 e. The normalized spacial score (nSPS) is 12.4. The highest BCUT2D eigenvalue weighted by atomic mass is 32.2. The van der Waals surface area contributed by atoms with Crippen LogP contribution < -0.4 is 4.90 Å². The summed E-state index contributed by atoms with van der Waals surface area (Å²) >= 11 is 1.18. The fourth-order valence-electron chi connectivity index (χ4n) is 2.64. The number of ketones is 1. The van der Waals surface area contributed by atoms with E-state index in [9.17, 15) is 13.6 Å². The van der Waals surface area contributed by atoms with E-state index in [2.05, 4.69) is 10.2 Å². The van der Waals surface area contributed by atoms with Crippen molar-refractivity contribution in [3.63, 3.8) is 0 Å². The van der Waals surface area contributed by atoms with Crippen molar-refractivity contribution in [2.24, 2.45) is 0 Å². The van der Waals surface area contributed by atoms with Crippen molar-refractivity contribution >= 4 is 17.5 Å². The lowest BCUT2D eigenvalue weighted by molar-refractivity contribution is -0.890. The van der Waals surface area contributed by atoms with Gasteiger partial charge in [0, 0.05) is 5.69 Å². The SMILES string of the molecule is C[C@@H](c1nnc(SCC(=O)c2ccccc2F)n1-c1ccc(F)cc1)[NH+](C)C. The van der Waals surface area contributed by atoms with E-state index in [4.69, 9.17) is 0 Å². The molecule has 1 atom stereocenters. The van der Waals surface area contributed by atoms with Gasteiger partial charge in [-0.2, -0.15) is 0 Å². The lowest BCUT2D eigenvalue weighted by atomic mass is 10.1. The van der Waals surface area contributed by atoms with Crippen molar-refractivity contribution in [3.05, 3.63) is 71.6 Å². The first-order valence-electron chi connectivity index (χ1n) is 8.80. The third kappa shape index (κ3) is 4.28. The van der Waals surface area contributed by atoms with Crippen molar-refractivity contribution in [3.8, 4) is 5.69 Å². The first-order chi connectivity index (χ1) is 13.4. The van der Waals surface area contributed by atoms with E-state index in [-0.39, 0.29) is 29.0 Å². The van der Waals surface area contributed by atoms with Crippen LogP contribution in [-0.4, -0.2) is 40.4 Å². The Kier molecular flexibility index (Phi) is 6.21. The molecule has 8 heteroatoms. The van der Waals surface area contributed by atoms with Crippen LogP contribution in [0.25, 0.3) is 5.69 Å². The van der Waals surface area contributed by atoms with Crippen LogP contribution in [0.1, 0.15) is 29.1 Å². The molecule has 0 unspecified atom stereocenters.